The van der Waals surface area contributed by atoms with Crippen molar-refractivity contribution in [2.75, 3.05) is 32.7 Å². The van der Waals surface area contributed by atoms with E-state index in [0.717, 1.165) is 38.3 Å². The third-order valence-electron chi connectivity index (χ3n) is 4.16. The van der Waals surface area contributed by atoms with Gasteiger partial charge in [-0.2, -0.15) is 0 Å². The molecule has 2 rings (SSSR count). The average Bonchev–Trinajstić information content (AvgIpc) is 2.59. The number of hydrogen-bond donors (Lipinski definition) is 2. The summed E-state index contributed by atoms with van der Waals surface area (Å²) in [4.78, 5) is 28.5. The highest BCUT2D eigenvalue weighted by molar-refractivity contribution is 5.94. The first-order chi connectivity index (χ1) is 11.5. The minimum Gasteiger partial charge on any atom is -0.350 e. The van der Waals surface area contributed by atoms with Crippen LogP contribution in [-0.4, -0.2) is 60.5 Å². The van der Waals surface area contributed by atoms with Crippen LogP contribution in [-0.2, 0) is 6.54 Å². The Morgan fingerprint density at radius 3 is 2.50 bits per heavy atom. The summed E-state index contributed by atoms with van der Waals surface area (Å²) in [7, 11) is 0. The standard InChI is InChI=1S/C18H28N4O2/c1-4-21-8-10-22(11-9-21)18(24)19-13-15-6-5-7-16(12-15)17(23)20-14(2)3/h5-7,12,14H,4,8-11,13H2,1-3H3,(H,19,24)(H,20,23). The Labute approximate surface area is 144 Å². The van der Waals surface area contributed by atoms with Crippen LogP contribution in [0.15, 0.2) is 24.3 Å². The van der Waals surface area contributed by atoms with E-state index >= 15 is 0 Å². The van der Waals surface area contributed by atoms with Gasteiger partial charge in [0.2, 0.25) is 0 Å². The maximum absolute atomic E-state index is 12.2. The summed E-state index contributed by atoms with van der Waals surface area (Å²) in [5.41, 5.74) is 1.54. The number of nitrogens with zero attached hydrogens (tertiary/aromatic N) is 2. The Kier molecular flexibility index (Phi) is 6.61. The lowest BCUT2D eigenvalue weighted by atomic mass is 10.1. The third kappa shape index (κ3) is 5.23. The van der Waals surface area contributed by atoms with Gasteiger partial charge in [0.25, 0.3) is 5.91 Å². The lowest BCUT2D eigenvalue weighted by Gasteiger charge is -2.34. The highest BCUT2D eigenvalue weighted by Crippen LogP contribution is 2.07. The molecule has 1 fully saturated rings. The molecule has 1 aromatic carbocycles. The molecule has 6 heteroatoms. The zero-order chi connectivity index (χ0) is 17.5. The van der Waals surface area contributed by atoms with Crippen molar-refractivity contribution in [3.05, 3.63) is 35.4 Å². The van der Waals surface area contributed by atoms with Gasteiger partial charge in [0.1, 0.15) is 0 Å². The molecule has 0 aliphatic carbocycles. The molecule has 1 heterocycles. The van der Waals surface area contributed by atoms with Gasteiger partial charge in [-0.15, -0.1) is 0 Å². The van der Waals surface area contributed by atoms with Gasteiger partial charge in [0.15, 0.2) is 0 Å². The number of hydrogen-bond acceptors (Lipinski definition) is 3. The van der Waals surface area contributed by atoms with Crippen molar-refractivity contribution in [1.82, 2.24) is 20.4 Å². The Bertz CT molecular complexity index is 566. The number of benzene rings is 1. The smallest absolute Gasteiger partial charge is 0.317 e. The maximum atomic E-state index is 12.2. The second-order valence-corrected chi connectivity index (χ2v) is 6.41. The van der Waals surface area contributed by atoms with Gasteiger partial charge in [-0.3, -0.25) is 4.79 Å². The summed E-state index contributed by atoms with van der Waals surface area (Å²) >= 11 is 0. The number of likely N-dealkylation sites (N-methyl/N-ethyl adjacent to an activating group) is 1. The van der Waals surface area contributed by atoms with Crippen LogP contribution in [0.2, 0.25) is 0 Å². The van der Waals surface area contributed by atoms with Crippen LogP contribution < -0.4 is 10.6 Å². The van der Waals surface area contributed by atoms with Crippen molar-refractivity contribution >= 4 is 11.9 Å². The summed E-state index contributed by atoms with van der Waals surface area (Å²) in [6.45, 7) is 10.8. The van der Waals surface area contributed by atoms with Gasteiger partial charge in [0, 0.05) is 44.3 Å². The van der Waals surface area contributed by atoms with Gasteiger partial charge in [-0.25, -0.2) is 4.79 Å². The van der Waals surface area contributed by atoms with E-state index in [-0.39, 0.29) is 18.0 Å². The summed E-state index contributed by atoms with van der Waals surface area (Å²) in [6, 6.07) is 7.43. The number of urea groups is 1. The number of amides is 3. The van der Waals surface area contributed by atoms with Crippen LogP contribution in [0.25, 0.3) is 0 Å². The molecule has 1 aromatic rings. The molecule has 3 amide bonds. The van der Waals surface area contributed by atoms with Gasteiger partial charge >= 0.3 is 6.03 Å². The van der Waals surface area contributed by atoms with Crippen molar-refractivity contribution in [3.63, 3.8) is 0 Å². The zero-order valence-corrected chi connectivity index (χ0v) is 14.8. The molecule has 0 aromatic heterocycles. The molecule has 0 unspecified atom stereocenters. The normalized spacial score (nSPS) is 15.4. The lowest BCUT2D eigenvalue weighted by Crippen LogP contribution is -2.51. The summed E-state index contributed by atoms with van der Waals surface area (Å²) in [6.07, 6.45) is 0. The molecule has 1 aliphatic heterocycles. The molecule has 0 saturated carbocycles. The highest BCUT2D eigenvalue weighted by atomic mass is 16.2. The summed E-state index contributed by atoms with van der Waals surface area (Å²) < 4.78 is 0. The van der Waals surface area contributed by atoms with Gasteiger partial charge in [0.05, 0.1) is 0 Å². The van der Waals surface area contributed by atoms with Crippen molar-refractivity contribution in [2.24, 2.45) is 0 Å². The van der Waals surface area contributed by atoms with E-state index < -0.39 is 0 Å². The fourth-order valence-electron chi connectivity index (χ4n) is 2.72. The van der Waals surface area contributed by atoms with Crippen LogP contribution >= 0.6 is 0 Å². The average molecular weight is 332 g/mol. The number of nitrogens with one attached hydrogen (secondary N) is 2. The van der Waals surface area contributed by atoms with E-state index in [0.29, 0.717) is 12.1 Å². The number of rotatable bonds is 5. The third-order valence-corrected chi connectivity index (χ3v) is 4.16. The molecule has 6 nitrogen and oxygen atoms in total. The topological polar surface area (TPSA) is 64.7 Å². The Morgan fingerprint density at radius 2 is 1.88 bits per heavy atom. The van der Waals surface area contributed by atoms with Crippen LogP contribution in [0.3, 0.4) is 0 Å². The number of carbonyl (C=O) groups is 2. The predicted molar refractivity (Wildman–Crippen MR) is 95.0 cm³/mol. The predicted octanol–water partition coefficient (Wildman–Crippen LogP) is 1.67. The largest absolute Gasteiger partial charge is 0.350 e. The van der Waals surface area contributed by atoms with Crippen LogP contribution in [0.4, 0.5) is 4.79 Å². The van der Waals surface area contributed by atoms with Crippen molar-refractivity contribution < 1.29 is 9.59 Å². The second kappa shape index (κ2) is 8.68. The fourth-order valence-corrected chi connectivity index (χ4v) is 2.72. The molecule has 0 radical (unpaired) electrons. The Morgan fingerprint density at radius 1 is 1.17 bits per heavy atom. The number of piperazine rings is 1. The number of carbonyl (C=O) groups excluding carboxylic acids is 2. The molecular formula is C18H28N4O2. The SMILES string of the molecule is CCN1CCN(C(=O)NCc2cccc(C(=O)NC(C)C)c2)CC1. The van der Waals surface area contributed by atoms with Crippen LogP contribution in [0, 0.1) is 0 Å². The first-order valence-corrected chi connectivity index (χ1v) is 8.64. The molecule has 0 bridgehead atoms. The van der Waals surface area contributed by atoms with Crippen molar-refractivity contribution in [1.29, 1.82) is 0 Å². The molecule has 1 saturated heterocycles. The van der Waals surface area contributed by atoms with E-state index in [9.17, 15) is 9.59 Å². The van der Waals surface area contributed by atoms with E-state index in [1.54, 1.807) is 6.07 Å². The lowest BCUT2D eigenvalue weighted by molar-refractivity contribution is 0.0943. The van der Waals surface area contributed by atoms with E-state index in [2.05, 4.69) is 22.5 Å². The molecule has 24 heavy (non-hydrogen) atoms. The Balaban J connectivity index is 1.86. The second-order valence-electron chi connectivity index (χ2n) is 6.41. The Hall–Kier alpha value is -2.08. The van der Waals surface area contributed by atoms with E-state index in [1.165, 1.54) is 0 Å². The van der Waals surface area contributed by atoms with Crippen molar-refractivity contribution in [2.45, 2.75) is 33.4 Å². The summed E-state index contributed by atoms with van der Waals surface area (Å²) in [5.74, 6) is -0.0890. The summed E-state index contributed by atoms with van der Waals surface area (Å²) in [5, 5.41) is 5.82. The van der Waals surface area contributed by atoms with Crippen LogP contribution in [0.1, 0.15) is 36.7 Å². The quantitative estimate of drug-likeness (QED) is 0.862. The monoisotopic (exact) mass is 332 g/mol. The fraction of sp³-hybridized carbons (Fsp3) is 0.556. The highest BCUT2D eigenvalue weighted by Gasteiger charge is 2.19. The van der Waals surface area contributed by atoms with E-state index in [1.807, 2.05) is 36.9 Å². The van der Waals surface area contributed by atoms with Gasteiger partial charge in [-0.1, -0.05) is 19.1 Å². The molecule has 0 spiro atoms. The first-order valence-electron chi connectivity index (χ1n) is 8.64. The molecule has 2 N–H and O–H groups in total. The van der Waals surface area contributed by atoms with Crippen LogP contribution in [0.5, 0.6) is 0 Å². The zero-order valence-electron chi connectivity index (χ0n) is 14.8. The minimum absolute atomic E-state index is 0.0391. The first kappa shape index (κ1) is 18.3. The van der Waals surface area contributed by atoms with Gasteiger partial charge in [-0.05, 0) is 38.1 Å². The maximum Gasteiger partial charge on any atom is 0.317 e. The molecular weight excluding hydrogens is 304 g/mol. The van der Waals surface area contributed by atoms with E-state index in [4.69, 9.17) is 0 Å². The molecule has 1 aliphatic rings. The van der Waals surface area contributed by atoms with Gasteiger partial charge < -0.3 is 20.4 Å². The molecule has 0 atom stereocenters. The van der Waals surface area contributed by atoms with Crippen molar-refractivity contribution in [3.8, 4) is 0 Å². The molecule has 132 valence electrons. The minimum atomic E-state index is -0.0890.